The second kappa shape index (κ2) is 3.96. The first-order chi connectivity index (χ1) is 7.69. The summed E-state index contributed by atoms with van der Waals surface area (Å²) in [4.78, 5) is 0. The molecule has 84 valence electrons. The smallest absolute Gasteiger partial charge is 0.147 e. The number of hydrogen-bond acceptors (Lipinski definition) is 2. The third-order valence-corrected chi connectivity index (χ3v) is 2.60. The van der Waals surface area contributed by atoms with Crippen molar-refractivity contribution in [3.05, 3.63) is 35.9 Å². The van der Waals surface area contributed by atoms with Gasteiger partial charge in [-0.2, -0.15) is 0 Å². The molecule has 0 atom stereocenters. The molecule has 0 aliphatic rings. The molecule has 0 radical (unpaired) electrons. The van der Waals surface area contributed by atoms with Crippen LogP contribution < -0.4 is 10.6 Å². The van der Waals surface area contributed by atoms with Gasteiger partial charge in [0.15, 0.2) is 0 Å². The SMILES string of the molecule is CNc1ccc(F)c2c(NC)c(F)ccc12. The van der Waals surface area contributed by atoms with Gasteiger partial charge in [-0.15, -0.1) is 0 Å². The van der Waals surface area contributed by atoms with Crippen molar-refractivity contribution in [3.63, 3.8) is 0 Å². The highest BCUT2D eigenvalue weighted by Crippen LogP contribution is 2.33. The number of fused-ring (bicyclic) bond motifs is 1. The standard InChI is InChI=1S/C12H12F2N2/c1-15-10-6-5-8(13)11-7(10)3-4-9(14)12(11)16-2/h3-6,15-16H,1-2H3. The zero-order valence-corrected chi connectivity index (χ0v) is 9.07. The van der Waals surface area contributed by atoms with Gasteiger partial charge in [-0.3, -0.25) is 0 Å². The van der Waals surface area contributed by atoms with Crippen LogP contribution in [-0.2, 0) is 0 Å². The van der Waals surface area contributed by atoms with Gasteiger partial charge in [0.1, 0.15) is 11.6 Å². The highest BCUT2D eigenvalue weighted by molar-refractivity contribution is 6.01. The predicted molar refractivity (Wildman–Crippen MR) is 63.0 cm³/mol. The molecule has 0 amide bonds. The van der Waals surface area contributed by atoms with Crippen molar-refractivity contribution >= 4 is 22.1 Å². The average Bonchev–Trinajstić information content (AvgIpc) is 2.30. The quantitative estimate of drug-likeness (QED) is 0.815. The maximum atomic E-state index is 13.7. The summed E-state index contributed by atoms with van der Waals surface area (Å²) < 4.78 is 27.2. The van der Waals surface area contributed by atoms with E-state index in [-0.39, 0.29) is 11.1 Å². The highest BCUT2D eigenvalue weighted by atomic mass is 19.1. The van der Waals surface area contributed by atoms with Crippen LogP contribution in [0.1, 0.15) is 0 Å². The summed E-state index contributed by atoms with van der Waals surface area (Å²) in [6.07, 6.45) is 0. The Balaban J connectivity index is 2.91. The van der Waals surface area contributed by atoms with E-state index in [4.69, 9.17) is 0 Å². The molecule has 0 heterocycles. The molecule has 0 saturated carbocycles. The minimum atomic E-state index is -0.456. The summed E-state index contributed by atoms with van der Waals surface area (Å²) in [7, 11) is 3.32. The molecule has 16 heavy (non-hydrogen) atoms. The van der Waals surface area contributed by atoms with Gasteiger partial charge in [-0.1, -0.05) is 0 Å². The maximum Gasteiger partial charge on any atom is 0.147 e. The second-order valence-electron chi connectivity index (χ2n) is 3.44. The number of halogens is 2. The van der Waals surface area contributed by atoms with Crippen LogP contribution in [0, 0.1) is 11.6 Å². The Morgan fingerprint density at radius 2 is 1.56 bits per heavy atom. The Morgan fingerprint density at radius 1 is 0.875 bits per heavy atom. The fourth-order valence-corrected chi connectivity index (χ4v) is 1.84. The number of benzene rings is 2. The lowest BCUT2D eigenvalue weighted by atomic mass is 10.1. The van der Waals surface area contributed by atoms with Crippen LogP contribution in [0.3, 0.4) is 0 Å². The number of anilines is 2. The van der Waals surface area contributed by atoms with Gasteiger partial charge in [0.2, 0.25) is 0 Å². The largest absolute Gasteiger partial charge is 0.388 e. The van der Waals surface area contributed by atoms with Crippen LogP contribution in [0.2, 0.25) is 0 Å². The molecule has 0 fully saturated rings. The van der Waals surface area contributed by atoms with Crippen LogP contribution in [0.25, 0.3) is 10.8 Å². The number of hydrogen-bond donors (Lipinski definition) is 2. The Bertz CT molecular complexity index is 538. The first-order valence-corrected chi connectivity index (χ1v) is 4.95. The molecule has 2 nitrogen and oxygen atoms in total. The zero-order valence-electron chi connectivity index (χ0n) is 9.07. The molecule has 0 aromatic heterocycles. The fraction of sp³-hybridized carbons (Fsp3) is 0.167. The Morgan fingerprint density at radius 3 is 2.19 bits per heavy atom. The summed E-state index contributed by atoms with van der Waals surface area (Å²) >= 11 is 0. The van der Waals surface area contributed by atoms with E-state index in [1.54, 1.807) is 26.2 Å². The summed E-state index contributed by atoms with van der Waals surface area (Å²) in [5.41, 5.74) is 0.958. The molecule has 0 bridgehead atoms. The molecule has 0 aliphatic heterocycles. The first kappa shape index (κ1) is 10.7. The Labute approximate surface area is 92.3 Å². The minimum Gasteiger partial charge on any atom is -0.388 e. The van der Waals surface area contributed by atoms with Crippen LogP contribution >= 0.6 is 0 Å². The van der Waals surface area contributed by atoms with Crippen LogP contribution in [0.15, 0.2) is 24.3 Å². The van der Waals surface area contributed by atoms with Crippen molar-refractivity contribution in [2.75, 3.05) is 24.7 Å². The van der Waals surface area contributed by atoms with E-state index in [0.29, 0.717) is 5.39 Å². The monoisotopic (exact) mass is 222 g/mol. The van der Waals surface area contributed by atoms with Crippen molar-refractivity contribution in [1.29, 1.82) is 0 Å². The van der Waals surface area contributed by atoms with E-state index < -0.39 is 11.6 Å². The molecule has 4 heteroatoms. The van der Waals surface area contributed by atoms with E-state index in [2.05, 4.69) is 10.6 Å². The van der Waals surface area contributed by atoms with Gasteiger partial charge < -0.3 is 10.6 Å². The molecule has 2 aromatic carbocycles. The predicted octanol–water partition coefficient (Wildman–Crippen LogP) is 3.20. The van der Waals surface area contributed by atoms with Gasteiger partial charge in [-0.25, -0.2) is 8.78 Å². The molecule has 0 unspecified atom stereocenters. The molecule has 0 spiro atoms. The second-order valence-corrected chi connectivity index (χ2v) is 3.44. The van der Waals surface area contributed by atoms with Crippen molar-refractivity contribution in [2.24, 2.45) is 0 Å². The van der Waals surface area contributed by atoms with E-state index in [1.807, 2.05) is 0 Å². The summed E-state index contributed by atoms with van der Waals surface area (Å²) in [6.45, 7) is 0. The lowest BCUT2D eigenvalue weighted by Gasteiger charge is -2.11. The fourth-order valence-electron chi connectivity index (χ4n) is 1.84. The molecular formula is C12H12F2N2. The molecule has 2 rings (SSSR count). The van der Waals surface area contributed by atoms with Gasteiger partial charge in [0.25, 0.3) is 0 Å². The molecule has 2 N–H and O–H groups in total. The van der Waals surface area contributed by atoms with Gasteiger partial charge in [0, 0.05) is 30.6 Å². The summed E-state index contributed by atoms with van der Waals surface area (Å²) in [5, 5.41) is 6.57. The van der Waals surface area contributed by atoms with Gasteiger partial charge in [0.05, 0.1) is 5.69 Å². The topological polar surface area (TPSA) is 24.1 Å². The summed E-state index contributed by atoms with van der Waals surface area (Å²) in [6, 6.07) is 5.86. The van der Waals surface area contributed by atoms with Gasteiger partial charge in [-0.05, 0) is 24.3 Å². The highest BCUT2D eigenvalue weighted by Gasteiger charge is 2.12. The minimum absolute atomic E-state index is 0.187. The van der Waals surface area contributed by atoms with Crippen LogP contribution in [-0.4, -0.2) is 14.1 Å². The lowest BCUT2D eigenvalue weighted by Crippen LogP contribution is -1.98. The van der Waals surface area contributed by atoms with E-state index in [1.165, 1.54) is 12.1 Å². The van der Waals surface area contributed by atoms with Crippen LogP contribution in [0.4, 0.5) is 20.2 Å². The lowest BCUT2D eigenvalue weighted by molar-refractivity contribution is 0.625. The van der Waals surface area contributed by atoms with E-state index >= 15 is 0 Å². The van der Waals surface area contributed by atoms with E-state index in [9.17, 15) is 8.78 Å². The number of rotatable bonds is 2. The molecule has 0 saturated heterocycles. The molecular weight excluding hydrogens is 210 g/mol. The average molecular weight is 222 g/mol. The van der Waals surface area contributed by atoms with Gasteiger partial charge >= 0.3 is 0 Å². The summed E-state index contributed by atoms with van der Waals surface area (Å²) in [5.74, 6) is -0.889. The first-order valence-electron chi connectivity index (χ1n) is 4.95. The Hall–Kier alpha value is -1.84. The van der Waals surface area contributed by atoms with Crippen molar-refractivity contribution in [3.8, 4) is 0 Å². The van der Waals surface area contributed by atoms with Crippen molar-refractivity contribution in [2.45, 2.75) is 0 Å². The van der Waals surface area contributed by atoms with Crippen LogP contribution in [0.5, 0.6) is 0 Å². The zero-order chi connectivity index (χ0) is 11.7. The van der Waals surface area contributed by atoms with Crippen molar-refractivity contribution in [1.82, 2.24) is 0 Å². The Kier molecular flexibility index (Phi) is 2.64. The maximum absolute atomic E-state index is 13.7. The third-order valence-electron chi connectivity index (χ3n) is 2.60. The molecule has 2 aromatic rings. The third kappa shape index (κ3) is 1.46. The number of nitrogens with one attached hydrogen (secondary N) is 2. The van der Waals surface area contributed by atoms with Crippen molar-refractivity contribution < 1.29 is 8.78 Å². The normalized spacial score (nSPS) is 10.5. The van der Waals surface area contributed by atoms with E-state index in [0.717, 1.165) is 5.69 Å². The molecule has 0 aliphatic carbocycles.